The molecule has 0 radical (unpaired) electrons. The molecule has 0 aliphatic carbocycles. The van der Waals surface area contributed by atoms with E-state index in [0.29, 0.717) is 27.7 Å². The molecule has 1 heterocycles. The van der Waals surface area contributed by atoms with E-state index < -0.39 is 5.56 Å². The third-order valence-electron chi connectivity index (χ3n) is 4.19. The summed E-state index contributed by atoms with van der Waals surface area (Å²) in [6, 6.07) is 13.7. The molecule has 3 aromatic rings. The van der Waals surface area contributed by atoms with Crippen molar-refractivity contribution in [3.8, 4) is 11.4 Å². The number of anilines is 2. The molecule has 0 saturated heterocycles. The van der Waals surface area contributed by atoms with Crippen LogP contribution in [0.1, 0.15) is 38.1 Å². The predicted molar refractivity (Wildman–Crippen MR) is 123 cm³/mol. The van der Waals surface area contributed by atoms with Crippen molar-refractivity contribution in [1.29, 1.82) is 0 Å². The first kappa shape index (κ1) is 22.4. The normalized spacial score (nSPS) is 10.9. The average Bonchev–Trinajstić information content (AvgIpc) is 2.71. The maximum absolute atomic E-state index is 13.3. The molecule has 0 aliphatic heterocycles. The van der Waals surface area contributed by atoms with Crippen LogP contribution in [0.25, 0.3) is 5.69 Å². The summed E-state index contributed by atoms with van der Waals surface area (Å²) in [5.74, 6) is 0.132. The van der Waals surface area contributed by atoms with Gasteiger partial charge in [0.05, 0.1) is 18.0 Å². The van der Waals surface area contributed by atoms with E-state index in [4.69, 9.17) is 16.3 Å². The zero-order valence-electron chi connectivity index (χ0n) is 17.8. The third-order valence-corrected chi connectivity index (χ3v) is 4.44. The van der Waals surface area contributed by atoms with Crippen LogP contribution in [0, 0.1) is 0 Å². The van der Waals surface area contributed by atoms with Gasteiger partial charge in [-0.1, -0.05) is 17.7 Å². The van der Waals surface area contributed by atoms with Gasteiger partial charge in [0.2, 0.25) is 0 Å². The summed E-state index contributed by atoms with van der Waals surface area (Å²) in [6.45, 7) is 7.52. The molecular formula is C23H25ClN4O3. The summed E-state index contributed by atoms with van der Waals surface area (Å²) < 4.78 is 7.07. The fourth-order valence-electron chi connectivity index (χ4n) is 2.89. The van der Waals surface area contributed by atoms with E-state index in [-0.39, 0.29) is 23.7 Å². The molecule has 7 nitrogen and oxygen atoms in total. The van der Waals surface area contributed by atoms with Gasteiger partial charge >= 0.3 is 0 Å². The number of hydrogen-bond donors (Lipinski definition) is 2. The highest BCUT2D eigenvalue weighted by molar-refractivity contribution is 6.30. The first-order chi connectivity index (χ1) is 14.7. The number of halogens is 1. The first-order valence-electron chi connectivity index (χ1n) is 9.97. The van der Waals surface area contributed by atoms with Gasteiger partial charge < -0.3 is 15.4 Å². The Morgan fingerprint density at radius 2 is 1.81 bits per heavy atom. The minimum atomic E-state index is -0.391. The molecule has 8 heteroatoms. The second-order valence-corrected chi connectivity index (χ2v) is 8.01. The van der Waals surface area contributed by atoms with Gasteiger partial charge in [-0.05, 0) is 70.2 Å². The molecule has 0 bridgehead atoms. The van der Waals surface area contributed by atoms with Gasteiger partial charge in [-0.25, -0.2) is 0 Å². The molecule has 1 amide bonds. The van der Waals surface area contributed by atoms with Crippen molar-refractivity contribution < 1.29 is 9.53 Å². The average molecular weight is 441 g/mol. The fraction of sp³-hybridized carbons (Fsp3) is 0.261. The number of carbonyl (C=O) groups is 1. The number of aromatic nitrogens is 2. The van der Waals surface area contributed by atoms with E-state index in [2.05, 4.69) is 15.7 Å². The maximum Gasteiger partial charge on any atom is 0.299 e. The lowest BCUT2D eigenvalue weighted by molar-refractivity contribution is 0.0943. The monoisotopic (exact) mass is 440 g/mol. The van der Waals surface area contributed by atoms with Crippen LogP contribution >= 0.6 is 11.6 Å². The number of nitrogens with one attached hydrogen (secondary N) is 2. The minimum absolute atomic E-state index is 0.0157. The smallest absolute Gasteiger partial charge is 0.299 e. The van der Waals surface area contributed by atoms with Crippen LogP contribution in [-0.2, 0) is 0 Å². The van der Waals surface area contributed by atoms with E-state index in [9.17, 15) is 9.59 Å². The Balaban J connectivity index is 2.02. The quantitative estimate of drug-likeness (QED) is 0.562. The highest BCUT2D eigenvalue weighted by Gasteiger charge is 2.16. The molecular weight excluding hydrogens is 416 g/mol. The van der Waals surface area contributed by atoms with E-state index in [1.165, 1.54) is 10.9 Å². The maximum atomic E-state index is 13.3. The molecule has 0 spiro atoms. The molecule has 0 saturated carbocycles. The molecule has 0 unspecified atom stereocenters. The highest BCUT2D eigenvalue weighted by atomic mass is 35.5. The Bertz CT molecular complexity index is 1120. The van der Waals surface area contributed by atoms with Crippen LogP contribution in [0.15, 0.2) is 59.5 Å². The van der Waals surface area contributed by atoms with E-state index in [1.54, 1.807) is 48.5 Å². The topological polar surface area (TPSA) is 85.2 Å². The number of hydrogen-bond acceptors (Lipinski definition) is 5. The SMILES string of the molecule is CC(C)NC(=O)c1cccc(Nc2c(OC(C)C)cnn(-c3ccc(Cl)cc3)c2=O)c1. The number of carbonyl (C=O) groups excluding carboxylic acids is 1. The molecule has 31 heavy (non-hydrogen) atoms. The van der Waals surface area contributed by atoms with Crippen LogP contribution in [0.3, 0.4) is 0 Å². The highest BCUT2D eigenvalue weighted by Crippen LogP contribution is 2.25. The Hall–Kier alpha value is -3.32. The summed E-state index contributed by atoms with van der Waals surface area (Å²) in [4.78, 5) is 25.6. The van der Waals surface area contributed by atoms with Crippen LogP contribution in [0.2, 0.25) is 5.02 Å². The summed E-state index contributed by atoms with van der Waals surface area (Å²) in [5, 5.41) is 10.8. The van der Waals surface area contributed by atoms with E-state index >= 15 is 0 Å². The number of amides is 1. The lowest BCUT2D eigenvalue weighted by atomic mass is 10.1. The molecule has 3 rings (SSSR count). The summed E-state index contributed by atoms with van der Waals surface area (Å²) in [7, 11) is 0. The number of rotatable bonds is 7. The van der Waals surface area contributed by atoms with Gasteiger partial charge in [-0.2, -0.15) is 9.78 Å². The Morgan fingerprint density at radius 3 is 2.45 bits per heavy atom. The van der Waals surface area contributed by atoms with Gasteiger partial charge in [0.1, 0.15) is 0 Å². The van der Waals surface area contributed by atoms with Crippen molar-refractivity contribution in [3.63, 3.8) is 0 Å². The van der Waals surface area contributed by atoms with Crippen LogP contribution in [0.5, 0.6) is 5.75 Å². The molecule has 2 aromatic carbocycles. The fourth-order valence-corrected chi connectivity index (χ4v) is 3.02. The van der Waals surface area contributed by atoms with Crippen molar-refractivity contribution in [2.75, 3.05) is 5.32 Å². The summed E-state index contributed by atoms with van der Waals surface area (Å²) in [5.41, 5.74) is 1.46. The summed E-state index contributed by atoms with van der Waals surface area (Å²) in [6.07, 6.45) is 1.34. The molecule has 2 N–H and O–H groups in total. The van der Waals surface area contributed by atoms with Crippen LogP contribution < -0.4 is 20.9 Å². The van der Waals surface area contributed by atoms with Gasteiger partial charge in [-0.3, -0.25) is 9.59 Å². The van der Waals surface area contributed by atoms with Crippen molar-refractivity contribution in [2.45, 2.75) is 39.8 Å². The van der Waals surface area contributed by atoms with Gasteiger partial charge in [-0.15, -0.1) is 0 Å². The predicted octanol–water partition coefficient (Wildman–Crippen LogP) is 4.55. The number of ether oxygens (including phenoxy) is 1. The molecule has 0 fully saturated rings. The van der Waals surface area contributed by atoms with Crippen molar-refractivity contribution in [2.24, 2.45) is 0 Å². The Kier molecular flexibility index (Phi) is 6.97. The van der Waals surface area contributed by atoms with E-state index in [1.807, 2.05) is 27.7 Å². The first-order valence-corrected chi connectivity index (χ1v) is 10.3. The summed E-state index contributed by atoms with van der Waals surface area (Å²) >= 11 is 5.96. The molecule has 0 aliphatic rings. The van der Waals surface area contributed by atoms with Crippen LogP contribution in [0.4, 0.5) is 11.4 Å². The van der Waals surface area contributed by atoms with Crippen LogP contribution in [-0.4, -0.2) is 27.8 Å². The Morgan fingerprint density at radius 1 is 1.10 bits per heavy atom. The largest absolute Gasteiger partial charge is 0.487 e. The van der Waals surface area contributed by atoms with Crippen molar-refractivity contribution >= 4 is 28.9 Å². The minimum Gasteiger partial charge on any atom is -0.487 e. The van der Waals surface area contributed by atoms with Crippen molar-refractivity contribution in [3.05, 3.63) is 75.7 Å². The standard InChI is InChI=1S/C23H25ClN4O3/c1-14(2)26-22(29)16-6-5-7-18(12-16)27-21-20(31-15(3)4)13-25-28(23(21)30)19-10-8-17(24)9-11-19/h5-15,27H,1-4H3,(H,26,29). The van der Waals surface area contributed by atoms with Crippen molar-refractivity contribution in [1.82, 2.24) is 15.1 Å². The second-order valence-electron chi connectivity index (χ2n) is 7.58. The second kappa shape index (κ2) is 9.66. The van der Waals surface area contributed by atoms with E-state index in [0.717, 1.165) is 0 Å². The molecule has 0 atom stereocenters. The third kappa shape index (κ3) is 5.64. The number of benzene rings is 2. The zero-order valence-corrected chi connectivity index (χ0v) is 18.6. The van der Waals surface area contributed by atoms with Gasteiger partial charge in [0.15, 0.2) is 11.4 Å². The Labute approximate surface area is 186 Å². The van der Waals surface area contributed by atoms with Gasteiger partial charge in [0, 0.05) is 22.3 Å². The van der Waals surface area contributed by atoms with Gasteiger partial charge in [0.25, 0.3) is 11.5 Å². The lowest BCUT2D eigenvalue weighted by Gasteiger charge is -2.17. The molecule has 162 valence electrons. The molecule has 1 aromatic heterocycles. The lowest BCUT2D eigenvalue weighted by Crippen LogP contribution is -2.30. The zero-order chi connectivity index (χ0) is 22.5. The number of nitrogens with zero attached hydrogens (tertiary/aromatic N) is 2.